The van der Waals surface area contributed by atoms with Gasteiger partial charge in [0.15, 0.2) is 5.76 Å². The molecule has 0 saturated carbocycles. The van der Waals surface area contributed by atoms with Crippen molar-refractivity contribution in [2.75, 3.05) is 5.32 Å². The lowest BCUT2D eigenvalue weighted by Crippen LogP contribution is -2.17. The molecule has 3 N–H and O–H groups in total. The molecule has 0 saturated heterocycles. The highest BCUT2D eigenvalue weighted by Crippen LogP contribution is 2.26. The van der Waals surface area contributed by atoms with E-state index in [1.165, 1.54) is 36.4 Å². The summed E-state index contributed by atoms with van der Waals surface area (Å²) in [7, 11) is 0. The van der Waals surface area contributed by atoms with Gasteiger partial charge in [-0.1, -0.05) is 24.3 Å². The predicted molar refractivity (Wildman–Crippen MR) is 93.7 cm³/mol. The molecule has 0 aliphatic carbocycles. The van der Waals surface area contributed by atoms with Gasteiger partial charge in [-0.05, 0) is 24.3 Å². The molecule has 0 radical (unpaired) electrons. The van der Waals surface area contributed by atoms with Crippen molar-refractivity contribution in [2.45, 2.75) is 0 Å². The molecule has 0 bridgehead atoms. The Hall–Kier alpha value is -3.94. The van der Waals surface area contributed by atoms with E-state index in [1.54, 1.807) is 24.3 Å². The Morgan fingerprint density at radius 1 is 1.04 bits per heavy atom. The van der Waals surface area contributed by atoms with Crippen LogP contribution in [0.2, 0.25) is 0 Å². The minimum atomic E-state index is -0.669. The van der Waals surface area contributed by atoms with Crippen LogP contribution in [0.4, 0.5) is 11.4 Å². The van der Waals surface area contributed by atoms with E-state index >= 15 is 0 Å². The molecule has 8 heteroatoms. The zero-order valence-corrected chi connectivity index (χ0v) is 13.3. The fourth-order valence-corrected chi connectivity index (χ4v) is 2.38. The third-order valence-corrected chi connectivity index (χ3v) is 3.61. The van der Waals surface area contributed by atoms with Crippen molar-refractivity contribution in [1.29, 1.82) is 0 Å². The topological polar surface area (TPSA) is 128 Å². The van der Waals surface area contributed by atoms with Crippen LogP contribution in [0.5, 0.6) is 0 Å². The number of hydrogen-bond acceptors (Lipinski definition) is 5. The highest BCUT2D eigenvalue weighted by Gasteiger charge is 2.16. The van der Waals surface area contributed by atoms with Crippen LogP contribution in [0.3, 0.4) is 0 Å². The van der Waals surface area contributed by atoms with E-state index < -0.39 is 16.7 Å². The second-order valence-corrected chi connectivity index (χ2v) is 5.34. The van der Waals surface area contributed by atoms with E-state index in [4.69, 9.17) is 10.2 Å². The number of carbonyl (C=O) groups excluding carboxylic acids is 2. The Bertz CT molecular complexity index is 1010. The van der Waals surface area contributed by atoms with E-state index in [0.717, 1.165) is 0 Å². The molecule has 26 heavy (non-hydrogen) atoms. The molecule has 1 aromatic heterocycles. The van der Waals surface area contributed by atoms with Crippen LogP contribution in [0.15, 0.2) is 65.1 Å². The van der Waals surface area contributed by atoms with E-state index in [0.29, 0.717) is 11.3 Å². The highest BCUT2D eigenvalue weighted by molar-refractivity contribution is 6.07. The number of benzene rings is 2. The summed E-state index contributed by atoms with van der Waals surface area (Å²) < 4.78 is 5.49. The summed E-state index contributed by atoms with van der Waals surface area (Å²) >= 11 is 0. The van der Waals surface area contributed by atoms with E-state index in [-0.39, 0.29) is 22.7 Å². The molecule has 3 rings (SSSR count). The van der Waals surface area contributed by atoms with Gasteiger partial charge in [0.2, 0.25) is 0 Å². The first-order valence-corrected chi connectivity index (χ1v) is 7.50. The lowest BCUT2D eigenvalue weighted by atomic mass is 10.1. The van der Waals surface area contributed by atoms with E-state index in [1.807, 2.05) is 0 Å². The van der Waals surface area contributed by atoms with Crippen molar-refractivity contribution in [3.8, 4) is 11.3 Å². The monoisotopic (exact) mass is 351 g/mol. The highest BCUT2D eigenvalue weighted by atomic mass is 16.6. The number of nitrogens with one attached hydrogen (secondary N) is 1. The van der Waals surface area contributed by atoms with Gasteiger partial charge in [-0.2, -0.15) is 0 Å². The van der Waals surface area contributed by atoms with Crippen molar-refractivity contribution in [1.82, 2.24) is 0 Å². The largest absolute Gasteiger partial charge is 0.451 e. The van der Waals surface area contributed by atoms with Crippen LogP contribution in [0.1, 0.15) is 20.9 Å². The maximum absolute atomic E-state index is 12.3. The predicted octanol–water partition coefficient (Wildman–Crippen LogP) is 3.21. The zero-order valence-electron chi connectivity index (χ0n) is 13.3. The second-order valence-electron chi connectivity index (χ2n) is 5.34. The third-order valence-electron chi connectivity index (χ3n) is 3.61. The number of rotatable bonds is 5. The number of anilines is 1. The van der Waals surface area contributed by atoms with Crippen molar-refractivity contribution >= 4 is 23.2 Å². The van der Waals surface area contributed by atoms with Crippen LogP contribution in [0, 0.1) is 10.1 Å². The van der Waals surface area contributed by atoms with Crippen LogP contribution < -0.4 is 11.1 Å². The van der Waals surface area contributed by atoms with Crippen LogP contribution in [-0.2, 0) is 0 Å². The Morgan fingerprint density at radius 2 is 1.81 bits per heavy atom. The first-order chi connectivity index (χ1) is 12.5. The fraction of sp³-hybridized carbons (Fsp3) is 0. The minimum Gasteiger partial charge on any atom is -0.451 e. The first-order valence-electron chi connectivity index (χ1n) is 7.50. The molecule has 0 aliphatic rings. The van der Waals surface area contributed by atoms with Crippen LogP contribution in [0.25, 0.3) is 11.3 Å². The molecular formula is C18H13N3O5. The van der Waals surface area contributed by atoms with E-state index in [2.05, 4.69) is 5.32 Å². The summed E-state index contributed by atoms with van der Waals surface area (Å²) in [6.07, 6.45) is 0. The smallest absolute Gasteiger partial charge is 0.291 e. The molecule has 0 atom stereocenters. The number of carbonyl (C=O) groups is 2. The second kappa shape index (κ2) is 6.89. The summed E-state index contributed by atoms with van der Waals surface area (Å²) in [5.74, 6) is -0.944. The summed E-state index contributed by atoms with van der Waals surface area (Å²) in [5, 5.41) is 13.4. The van der Waals surface area contributed by atoms with Gasteiger partial charge in [-0.15, -0.1) is 0 Å². The number of hydrogen-bond donors (Lipinski definition) is 2. The summed E-state index contributed by atoms with van der Waals surface area (Å²) in [5.41, 5.74) is 6.10. The van der Waals surface area contributed by atoms with Gasteiger partial charge in [0.25, 0.3) is 17.5 Å². The zero-order chi connectivity index (χ0) is 18.7. The number of non-ortho nitro benzene ring substituents is 1. The van der Waals surface area contributed by atoms with Crippen molar-refractivity contribution < 1.29 is 18.9 Å². The van der Waals surface area contributed by atoms with Gasteiger partial charge in [-0.25, -0.2) is 0 Å². The third kappa shape index (κ3) is 3.44. The molecule has 2 amide bonds. The number of nitrogens with zero attached hydrogens (tertiary/aromatic N) is 1. The summed E-state index contributed by atoms with van der Waals surface area (Å²) in [6, 6.07) is 15.2. The maximum Gasteiger partial charge on any atom is 0.291 e. The van der Waals surface area contributed by atoms with Crippen LogP contribution in [-0.4, -0.2) is 16.7 Å². The Balaban J connectivity index is 1.84. The molecule has 2 aromatic carbocycles. The molecule has 1 heterocycles. The van der Waals surface area contributed by atoms with Gasteiger partial charge >= 0.3 is 0 Å². The lowest BCUT2D eigenvalue weighted by molar-refractivity contribution is -0.384. The van der Waals surface area contributed by atoms with Crippen molar-refractivity contribution in [3.63, 3.8) is 0 Å². The Kier molecular flexibility index (Phi) is 4.48. The molecule has 130 valence electrons. The molecule has 0 aliphatic heterocycles. The fourth-order valence-electron chi connectivity index (χ4n) is 2.38. The average molecular weight is 351 g/mol. The van der Waals surface area contributed by atoms with Gasteiger partial charge < -0.3 is 15.5 Å². The lowest BCUT2D eigenvalue weighted by Gasteiger charge is -2.07. The van der Waals surface area contributed by atoms with Crippen LogP contribution >= 0.6 is 0 Å². The number of nitrogens with two attached hydrogens (primary N) is 1. The number of amides is 2. The summed E-state index contributed by atoms with van der Waals surface area (Å²) in [6.45, 7) is 0. The quantitative estimate of drug-likeness (QED) is 0.539. The number of nitro groups is 1. The van der Waals surface area contributed by atoms with Crippen molar-refractivity contribution in [3.05, 3.63) is 82.1 Å². The van der Waals surface area contributed by atoms with Gasteiger partial charge in [0.05, 0.1) is 16.2 Å². The van der Waals surface area contributed by atoms with Gasteiger partial charge in [0, 0.05) is 17.7 Å². The minimum absolute atomic E-state index is 0.00854. The Morgan fingerprint density at radius 3 is 2.54 bits per heavy atom. The first kappa shape index (κ1) is 16.9. The molecule has 0 spiro atoms. The molecule has 8 nitrogen and oxygen atoms in total. The van der Waals surface area contributed by atoms with Gasteiger partial charge in [0.1, 0.15) is 5.76 Å². The SMILES string of the molecule is NC(=O)c1ccccc1NC(=O)c1ccc(-c2cccc([N+](=O)[O-])c2)o1. The molecule has 0 fully saturated rings. The average Bonchev–Trinajstić information content (AvgIpc) is 3.12. The Labute approximate surface area is 147 Å². The molecule has 3 aromatic rings. The maximum atomic E-state index is 12.3. The molecular weight excluding hydrogens is 338 g/mol. The molecule has 0 unspecified atom stereocenters. The van der Waals surface area contributed by atoms with Crippen molar-refractivity contribution in [2.24, 2.45) is 5.73 Å². The summed E-state index contributed by atoms with van der Waals surface area (Å²) in [4.78, 5) is 34.1. The standard InChI is InChI=1S/C18H13N3O5/c19-17(22)13-6-1-2-7-14(13)20-18(23)16-9-8-15(26-16)11-4-3-5-12(10-11)21(24)25/h1-10H,(H2,19,22)(H,20,23). The number of nitro benzene ring substituents is 1. The number of primary amides is 1. The van der Waals surface area contributed by atoms with E-state index in [9.17, 15) is 19.7 Å². The van der Waals surface area contributed by atoms with Gasteiger partial charge in [-0.3, -0.25) is 19.7 Å². The normalized spacial score (nSPS) is 10.3. The number of para-hydroxylation sites is 1. The number of furan rings is 1.